The molecule has 3 rings (SSSR count). The maximum atomic E-state index is 12.5. The highest BCUT2D eigenvalue weighted by molar-refractivity contribution is 5.98. The van der Waals surface area contributed by atoms with E-state index < -0.39 is 0 Å². The number of hydrogen-bond acceptors (Lipinski definition) is 3. The number of nitrogens with zero attached hydrogens (tertiary/aromatic N) is 2. The van der Waals surface area contributed by atoms with Crippen LogP contribution in [-0.2, 0) is 0 Å². The van der Waals surface area contributed by atoms with Crippen LogP contribution in [0.4, 0.5) is 0 Å². The second-order valence-corrected chi connectivity index (χ2v) is 4.63. The highest BCUT2D eigenvalue weighted by atomic mass is 16.2. The van der Waals surface area contributed by atoms with Crippen LogP contribution < -0.4 is 5.32 Å². The van der Waals surface area contributed by atoms with Crippen molar-refractivity contribution >= 4 is 16.8 Å². The molecule has 1 aliphatic heterocycles. The number of H-pyrrole nitrogens is 1. The minimum atomic E-state index is -0.388. The van der Waals surface area contributed by atoms with Gasteiger partial charge in [-0.25, -0.2) is 0 Å². The molecule has 5 heteroatoms. The van der Waals surface area contributed by atoms with Crippen molar-refractivity contribution < 1.29 is 4.79 Å². The van der Waals surface area contributed by atoms with Gasteiger partial charge < -0.3 is 15.2 Å². The second-order valence-electron chi connectivity index (χ2n) is 4.63. The molecule has 0 bridgehead atoms. The van der Waals surface area contributed by atoms with Crippen LogP contribution in [0.5, 0.6) is 0 Å². The number of nitriles is 1. The van der Waals surface area contributed by atoms with E-state index in [0.29, 0.717) is 18.7 Å². The lowest BCUT2D eigenvalue weighted by Gasteiger charge is -2.32. The molecule has 1 fully saturated rings. The average Bonchev–Trinajstić information content (AvgIpc) is 2.93. The maximum absolute atomic E-state index is 12.5. The average molecular weight is 254 g/mol. The van der Waals surface area contributed by atoms with E-state index in [-0.39, 0.29) is 11.9 Å². The number of benzene rings is 1. The minimum Gasteiger partial charge on any atom is -0.361 e. The molecule has 0 radical (unpaired) electrons. The Morgan fingerprint density at radius 3 is 3.16 bits per heavy atom. The van der Waals surface area contributed by atoms with E-state index in [1.807, 2.05) is 30.5 Å². The molecule has 1 unspecified atom stereocenters. The number of aromatic nitrogens is 1. The molecule has 19 heavy (non-hydrogen) atoms. The summed E-state index contributed by atoms with van der Waals surface area (Å²) in [6.45, 7) is 1.83. The fraction of sp³-hybridized carbons (Fsp3) is 0.286. The van der Waals surface area contributed by atoms with E-state index in [9.17, 15) is 4.79 Å². The molecule has 1 saturated heterocycles. The van der Waals surface area contributed by atoms with Gasteiger partial charge in [-0.2, -0.15) is 5.26 Å². The summed E-state index contributed by atoms with van der Waals surface area (Å²) in [5.74, 6) is -0.0791. The highest BCUT2D eigenvalue weighted by Crippen LogP contribution is 2.17. The van der Waals surface area contributed by atoms with Crippen molar-refractivity contribution in [3.8, 4) is 6.07 Å². The van der Waals surface area contributed by atoms with Crippen LogP contribution in [0.15, 0.2) is 30.5 Å². The standard InChI is InChI=1S/C14H14N4O/c15-8-12-9-16-5-6-18(12)14(19)11-2-1-10-3-4-17-13(10)7-11/h1-4,7,12,16-17H,5-6,9H2. The number of piperazine rings is 1. The van der Waals surface area contributed by atoms with Crippen molar-refractivity contribution in [3.63, 3.8) is 0 Å². The number of fused-ring (bicyclic) bond motifs is 1. The van der Waals surface area contributed by atoms with Gasteiger partial charge in [0.1, 0.15) is 6.04 Å². The molecule has 2 aromatic rings. The number of aromatic amines is 1. The van der Waals surface area contributed by atoms with Gasteiger partial charge in [-0.15, -0.1) is 0 Å². The summed E-state index contributed by atoms with van der Waals surface area (Å²) in [5, 5.41) is 13.3. The lowest BCUT2D eigenvalue weighted by molar-refractivity contribution is 0.0687. The zero-order valence-corrected chi connectivity index (χ0v) is 10.4. The van der Waals surface area contributed by atoms with E-state index in [1.165, 1.54) is 0 Å². The lowest BCUT2D eigenvalue weighted by atomic mass is 10.1. The first-order valence-corrected chi connectivity index (χ1v) is 6.28. The molecule has 1 aliphatic rings. The summed E-state index contributed by atoms with van der Waals surface area (Å²) in [4.78, 5) is 17.2. The summed E-state index contributed by atoms with van der Waals surface area (Å²) in [6.07, 6.45) is 1.85. The van der Waals surface area contributed by atoms with E-state index >= 15 is 0 Å². The zero-order valence-electron chi connectivity index (χ0n) is 10.4. The van der Waals surface area contributed by atoms with Crippen molar-refractivity contribution in [1.29, 1.82) is 5.26 Å². The molecule has 5 nitrogen and oxygen atoms in total. The first kappa shape index (κ1) is 11.8. The van der Waals surface area contributed by atoms with Crippen LogP contribution in [0.2, 0.25) is 0 Å². The van der Waals surface area contributed by atoms with Crippen LogP contribution in [0.1, 0.15) is 10.4 Å². The molecular formula is C14H14N4O. The molecule has 1 aromatic heterocycles. The fourth-order valence-corrected chi connectivity index (χ4v) is 2.41. The molecule has 1 aromatic carbocycles. The quantitative estimate of drug-likeness (QED) is 0.800. The zero-order chi connectivity index (χ0) is 13.2. The largest absolute Gasteiger partial charge is 0.361 e. The number of nitrogens with one attached hydrogen (secondary N) is 2. The predicted molar refractivity (Wildman–Crippen MR) is 71.6 cm³/mol. The van der Waals surface area contributed by atoms with Crippen LogP contribution >= 0.6 is 0 Å². The minimum absolute atomic E-state index is 0.0791. The van der Waals surface area contributed by atoms with Gasteiger partial charge in [-0.05, 0) is 23.6 Å². The fourth-order valence-electron chi connectivity index (χ4n) is 2.41. The Labute approximate surface area is 110 Å². The van der Waals surface area contributed by atoms with Crippen LogP contribution in [0.3, 0.4) is 0 Å². The monoisotopic (exact) mass is 254 g/mol. The Balaban J connectivity index is 1.91. The van der Waals surface area contributed by atoms with Gasteiger partial charge in [0.25, 0.3) is 5.91 Å². The van der Waals surface area contributed by atoms with Crippen LogP contribution in [-0.4, -0.2) is 41.5 Å². The molecule has 0 saturated carbocycles. The second kappa shape index (κ2) is 4.75. The van der Waals surface area contributed by atoms with Gasteiger partial charge in [0, 0.05) is 36.9 Å². The molecule has 2 heterocycles. The van der Waals surface area contributed by atoms with E-state index in [1.54, 1.807) is 4.90 Å². The third kappa shape index (κ3) is 2.07. The number of carbonyl (C=O) groups excluding carboxylic acids is 1. The summed E-state index contributed by atoms with van der Waals surface area (Å²) in [7, 11) is 0. The van der Waals surface area contributed by atoms with Gasteiger partial charge in [-0.1, -0.05) is 6.07 Å². The van der Waals surface area contributed by atoms with Crippen molar-refractivity contribution in [2.24, 2.45) is 0 Å². The highest BCUT2D eigenvalue weighted by Gasteiger charge is 2.27. The Morgan fingerprint density at radius 1 is 1.42 bits per heavy atom. The molecule has 0 spiro atoms. The SMILES string of the molecule is N#CC1CNCCN1C(=O)c1ccc2cc[nH]c2c1. The van der Waals surface area contributed by atoms with Gasteiger partial charge in [-0.3, -0.25) is 4.79 Å². The maximum Gasteiger partial charge on any atom is 0.255 e. The Hall–Kier alpha value is -2.32. The van der Waals surface area contributed by atoms with Crippen molar-refractivity contribution in [2.75, 3.05) is 19.6 Å². The number of rotatable bonds is 1. The van der Waals surface area contributed by atoms with Gasteiger partial charge in [0.2, 0.25) is 0 Å². The van der Waals surface area contributed by atoms with Gasteiger partial charge in [0.15, 0.2) is 0 Å². The van der Waals surface area contributed by atoms with Crippen molar-refractivity contribution in [2.45, 2.75) is 6.04 Å². The van der Waals surface area contributed by atoms with Gasteiger partial charge >= 0.3 is 0 Å². The Morgan fingerprint density at radius 2 is 2.32 bits per heavy atom. The van der Waals surface area contributed by atoms with Crippen LogP contribution in [0, 0.1) is 11.3 Å². The third-order valence-electron chi connectivity index (χ3n) is 3.46. The summed E-state index contributed by atoms with van der Waals surface area (Å²) < 4.78 is 0. The topological polar surface area (TPSA) is 71.9 Å². The first-order chi connectivity index (χ1) is 9.29. The van der Waals surface area contributed by atoms with Crippen molar-refractivity contribution in [1.82, 2.24) is 15.2 Å². The summed E-state index contributed by atoms with van der Waals surface area (Å²) in [6, 6.07) is 9.32. The number of hydrogen-bond donors (Lipinski definition) is 2. The predicted octanol–water partition coefficient (Wildman–Crippen LogP) is 1.11. The van der Waals surface area contributed by atoms with Gasteiger partial charge in [0.05, 0.1) is 6.07 Å². The van der Waals surface area contributed by atoms with E-state index in [2.05, 4.69) is 16.4 Å². The van der Waals surface area contributed by atoms with E-state index in [0.717, 1.165) is 17.4 Å². The van der Waals surface area contributed by atoms with E-state index in [4.69, 9.17) is 5.26 Å². The Bertz CT molecular complexity index is 655. The third-order valence-corrected chi connectivity index (χ3v) is 3.46. The molecule has 0 aliphatic carbocycles. The number of amides is 1. The normalized spacial score (nSPS) is 19.3. The molecule has 96 valence electrons. The lowest BCUT2D eigenvalue weighted by Crippen LogP contribution is -2.53. The van der Waals surface area contributed by atoms with Crippen molar-refractivity contribution in [3.05, 3.63) is 36.0 Å². The molecule has 1 atom stereocenters. The smallest absolute Gasteiger partial charge is 0.255 e. The molecule has 2 N–H and O–H groups in total. The first-order valence-electron chi connectivity index (χ1n) is 6.28. The molecular weight excluding hydrogens is 240 g/mol. The molecule has 1 amide bonds. The Kier molecular flexibility index (Phi) is 2.94. The number of carbonyl (C=O) groups is 1. The summed E-state index contributed by atoms with van der Waals surface area (Å²) >= 11 is 0. The van der Waals surface area contributed by atoms with Crippen LogP contribution in [0.25, 0.3) is 10.9 Å². The summed E-state index contributed by atoms with van der Waals surface area (Å²) in [5.41, 5.74) is 1.56.